The molecule has 19 heavy (non-hydrogen) atoms. The van der Waals surface area contributed by atoms with Crippen molar-refractivity contribution in [2.75, 3.05) is 33.1 Å². The van der Waals surface area contributed by atoms with E-state index in [0.717, 1.165) is 6.54 Å². The van der Waals surface area contributed by atoms with Gasteiger partial charge in [0.2, 0.25) is 0 Å². The first-order valence-corrected chi connectivity index (χ1v) is 6.58. The van der Waals surface area contributed by atoms with E-state index < -0.39 is 0 Å². The van der Waals surface area contributed by atoms with Gasteiger partial charge < -0.3 is 9.80 Å². The summed E-state index contributed by atoms with van der Waals surface area (Å²) < 4.78 is 0. The molecule has 0 saturated heterocycles. The highest BCUT2D eigenvalue weighted by Gasteiger charge is 2.06. The van der Waals surface area contributed by atoms with Crippen LogP contribution in [0, 0.1) is 0 Å². The highest BCUT2D eigenvalue weighted by Crippen LogP contribution is 2.29. The Kier molecular flexibility index (Phi) is 4.23. The summed E-state index contributed by atoms with van der Waals surface area (Å²) >= 11 is 0. The minimum atomic E-state index is 0.982. The van der Waals surface area contributed by atoms with Crippen LogP contribution in [0.25, 0.3) is 11.1 Å². The fourth-order valence-corrected chi connectivity index (χ4v) is 2.26. The van der Waals surface area contributed by atoms with Crippen molar-refractivity contribution in [2.45, 2.75) is 6.54 Å². The minimum Gasteiger partial charge on any atom is -0.377 e. The molecular weight excluding hydrogens is 232 g/mol. The second-order valence-electron chi connectivity index (χ2n) is 5.35. The highest BCUT2D eigenvalue weighted by molar-refractivity contribution is 5.78. The fourth-order valence-electron chi connectivity index (χ4n) is 2.26. The van der Waals surface area contributed by atoms with Crippen LogP contribution in [0.1, 0.15) is 5.56 Å². The summed E-state index contributed by atoms with van der Waals surface area (Å²) in [5.41, 5.74) is 5.15. The third-order valence-corrected chi connectivity index (χ3v) is 3.15. The van der Waals surface area contributed by atoms with E-state index in [9.17, 15) is 0 Å². The predicted octanol–water partition coefficient (Wildman–Crippen LogP) is 3.48. The minimum absolute atomic E-state index is 0.982. The van der Waals surface area contributed by atoms with Crippen LogP contribution >= 0.6 is 0 Å². The molecule has 0 amide bonds. The molecule has 0 aromatic heterocycles. The molecule has 0 saturated carbocycles. The highest BCUT2D eigenvalue weighted by atomic mass is 15.1. The molecule has 2 nitrogen and oxygen atoms in total. The Hall–Kier alpha value is -1.80. The Morgan fingerprint density at radius 1 is 0.789 bits per heavy atom. The summed E-state index contributed by atoms with van der Waals surface area (Å²) in [6.07, 6.45) is 0. The van der Waals surface area contributed by atoms with Gasteiger partial charge in [-0.25, -0.2) is 0 Å². The van der Waals surface area contributed by atoms with Crippen molar-refractivity contribution in [3.8, 4) is 11.1 Å². The third-order valence-electron chi connectivity index (χ3n) is 3.15. The molecule has 0 radical (unpaired) electrons. The standard InChI is InChI=1S/C17H22N2/c1-18(2)13-14-9-11-15(12-10-14)16-7-5-6-8-17(16)19(3)4/h5-12H,13H2,1-4H3. The molecule has 0 spiro atoms. The first-order valence-electron chi connectivity index (χ1n) is 6.58. The zero-order chi connectivity index (χ0) is 13.8. The van der Waals surface area contributed by atoms with Crippen LogP contribution in [0.4, 0.5) is 5.69 Å². The van der Waals surface area contributed by atoms with Crippen LogP contribution < -0.4 is 4.90 Å². The molecule has 2 heteroatoms. The Bertz CT molecular complexity index is 527. The average Bonchev–Trinajstić information content (AvgIpc) is 2.39. The summed E-state index contributed by atoms with van der Waals surface area (Å²) in [7, 11) is 8.35. The van der Waals surface area contributed by atoms with Crippen LogP contribution in [-0.4, -0.2) is 33.1 Å². The molecule has 0 N–H and O–H groups in total. The number of para-hydroxylation sites is 1. The quantitative estimate of drug-likeness (QED) is 0.824. The molecule has 0 aliphatic carbocycles. The summed E-state index contributed by atoms with van der Waals surface area (Å²) in [6.45, 7) is 0.982. The molecule has 0 heterocycles. The SMILES string of the molecule is CN(C)Cc1ccc(-c2ccccc2N(C)C)cc1. The van der Waals surface area contributed by atoms with E-state index in [-0.39, 0.29) is 0 Å². The lowest BCUT2D eigenvalue weighted by Crippen LogP contribution is -2.10. The Morgan fingerprint density at radius 2 is 1.42 bits per heavy atom. The van der Waals surface area contributed by atoms with Crippen molar-refractivity contribution >= 4 is 5.69 Å². The van der Waals surface area contributed by atoms with Crippen LogP contribution in [0.2, 0.25) is 0 Å². The van der Waals surface area contributed by atoms with Crippen molar-refractivity contribution in [1.29, 1.82) is 0 Å². The van der Waals surface area contributed by atoms with Gasteiger partial charge in [0.05, 0.1) is 0 Å². The maximum Gasteiger partial charge on any atom is 0.0440 e. The van der Waals surface area contributed by atoms with Crippen LogP contribution in [0.15, 0.2) is 48.5 Å². The second kappa shape index (κ2) is 5.89. The third kappa shape index (κ3) is 3.36. The normalized spacial score (nSPS) is 10.8. The van der Waals surface area contributed by atoms with Gasteiger partial charge in [-0.05, 0) is 31.3 Å². The molecule has 0 aliphatic rings. The van der Waals surface area contributed by atoms with Crippen molar-refractivity contribution in [3.05, 3.63) is 54.1 Å². The Morgan fingerprint density at radius 3 is 2.00 bits per heavy atom. The average molecular weight is 254 g/mol. The summed E-state index contributed by atoms with van der Waals surface area (Å²) in [5, 5.41) is 0. The molecule has 0 fully saturated rings. The molecular formula is C17H22N2. The molecule has 0 aliphatic heterocycles. The number of anilines is 1. The number of benzene rings is 2. The monoisotopic (exact) mass is 254 g/mol. The van der Waals surface area contributed by atoms with Gasteiger partial charge in [0.25, 0.3) is 0 Å². The van der Waals surface area contributed by atoms with Gasteiger partial charge in [0.1, 0.15) is 0 Å². The molecule has 2 aromatic rings. The van der Waals surface area contributed by atoms with Crippen molar-refractivity contribution in [2.24, 2.45) is 0 Å². The van der Waals surface area contributed by atoms with Gasteiger partial charge in [0.15, 0.2) is 0 Å². The second-order valence-corrected chi connectivity index (χ2v) is 5.35. The maximum atomic E-state index is 2.21. The lowest BCUT2D eigenvalue weighted by molar-refractivity contribution is 0.402. The molecule has 0 atom stereocenters. The number of hydrogen-bond donors (Lipinski definition) is 0. The largest absolute Gasteiger partial charge is 0.377 e. The van der Waals surface area contributed by atoms with Crippen molar-refractivity contribution < 1.29 is 0 Å². The van der Waals surface area contributed by atoms with Crippen molar-refractivity contribution in [1.82, 2.24) is 4.90 Å². The van der Waals surface area contributed by atoms with Gasteiger partial charge in [-0.1, -0.05) is 42.5 Å². The van der Waals surface area contributed by atoms with E-state index in [2.05, 4.69) is 86.5 Å². The van der Waals surface area contributed by atoms with E-state index in [0.29, 0.717) is 0 Å². The van der Waals surface area contributed by atoms with E-state index >= 15 is 0 Å². The van der Waals surface area contributed by atoms with Crippen LogP contribution in [0.3, 0.4) is 0 Å². The van der Waals surface area contributed by atoms with Crippen molar-refractivity contribution in [3.63, 3.8) is 0 Å². The zero-order valence-corrected chi connectivity index (χ0v) is 12.2. The smallest absolute Gasteiger partial charge is 0.0440 e. The van der Waals surface area contributed by atoms with Gasteiger partial charge in [-0.3, -0.25) is 0 Å². The zero-order valence-electron chi connectivity index (χ0n) is 12.2. The molecule has 100 valence electrons. The van der Waals surface area contributed by atoms with Gasteiger partial charge >= 0.3 is 0 Å². The van der Waals surface area contributed by atoms with Gasteiger partial charge in [-0.2, -0.15) is 0 Å². The Labute approximate surface area is 116 Å². The lowest BCUT2D eigenvalue weighted by Gasteiger charge is -2.18. The van der Waals surface area contributed by atoms with Gasteiger partial charge in [-0.15, -0.1) is 0 Å². The Balaban J connectivity index is 2.32. The van der Waals surface area contributed by atoms with Crippen LogP contribution in [-0.2, 0) is 6.54 Å². The summed E-state index contributed by atoms with van der Waals surface area (Å²) in [4.78, 5) is 4.34. The van der Waals surface area contributed by atoms with E-state index in [1.54, 1.807) is 0 Å². The molecule has 0 unspecified atom stereocenters. The first-order chi connectivity index (χ1) is 9.08. The number of nitrogens with zero attached hydrogens (tertiary/aromatic N) is 2. The summed E-state index contributed by atoms with van der Waals surface area (Å²) in [5.74, 6) is 0. The van der Waals surface area contributed by atoms with Crippen LogP contribution in [0.5, 0.6) is 0 Å². The van der Waals surface area contributed by atoms with E-state index in [1.165, 1.54) is 22.4 Å². The van der Waals surface area contributed by atoms with E-state index in [4.69, 9.17) is 0 Å². The summed E-state index contributed by atoms with van der Waals surface area (Å²) in [6, 6.07) is 17.3. The maximum absolute atomic E-state index is 2.21. The lowest BCUT2D eigenvalue weighted by atomic mass is 10.0. The number of hydrogen-bond acceptors (Lipinski definition) is 2. The molecule has 2 rings (SSSR count). The number of rotatable bonds is 4. The molecule has 0 bridgehead atoms. The fraction of sp³-hybridized carbons (Fsp3) is 0.294. The topological polar surface area (TPSA) is 6.48 Å². The van der Waals surface area contributed by atoms with E-state index in [1.807, 2.05) is 0 Å². The molecule has 2 aromatic carbocycles. The van der Waals surface area contributed by atoms with Gasteiger partial charge in [0, 0.05) is 31.9 Å². The first kappa shape index (κ1) is 13.6. The predicted molar refractivity (Wildman–Crippen MR) is 83.6 cm³/mol.